The SMILES string of the molecule is CCSCCOc1ccc(OC)cc1CNCCOC. The van der Waals surface area contributed by atoms with E-state index < -0.39 is 0 Å². The second kappa shape index (κ2) is 10.8. The summed E-state index contributed by atoms with van der Waals surface area (Å²) in [5, 5.41) is 3.33. The smallest absolute Gasteiger partial charge is 0.124 e. The van der Waals surface area contributed by atoms with Crippen molar-refractivity contribution in [1.82, 2.24) is 5.32 Å². The minimum Gasteiger partial charge on any atom is -0.497 e. The van der Waals surface area contributed by atoms with Crippen molar-refractivity contribution < 1.29 is 14.2 Å². The Morgan fingerprint density at radius 2 is 2.05 bits per heavy atom. The van der Waals surface area contributed by atoms with Crippen LogP contribution in [0.1, 0.15) is 12.5 Å². The minimum absolute atomic E-state index is 0.702. The van der Waals surface area contributed by atoms with Gasteiger partial charge in [0.2, 0.25) is 0 Å². The van der Waals surface area contributed by atoms with Gasteiger partial charge in [0.05, 0.1) is 20.3 Å². The van der Waals surface area contributed by atoms with Crippen molar-refractivity contribution in [1.29, 1.82) is 0 Å². The molecule has 1 rings (SSSR count). The second-order valence-electron chi connectivity index (χ2n) is 4.19. The first-order chi connectivity index (χ1) is 9.81. The predicted octanol–water partition coefficient (Wildman–Crippen LogP) is 2.56. The van der Waals surface area contributed by atoms with Gasteiger partial charge in [0.15, 0.2) is 0 Å². The first kappa shape index (κ1) is 17.1. The van der Waals surface area contributed by atoms with E-state index in [2.05, 4.69) is 12.2 Å². The molecule has 0 amide bonds. The Bertz CT molecular complexity index is 374. The monoisotopic (exact) mass is 299 g/mol. The highest BCUT2D eigenvalue weighted by Crippen LogP contribution is 2.24. The zero-order valence-electron chi connectivity index (χ0n) is 12.6. The topological polar surface area (TPSA) is 39.7 Å². The lowest BCUT2D eigenvalue weighted by molar-refractivity contribution is 0.199. The molecule has 0 aliphatic rings. The van der Waals surface area contributed by atoms with Crippen LogP contribution in [0.2, 0.25) is 0 Å². The van der Waals surface area contributed by atoms with E-state index in [9.17, 15) is 0 Å². The number of benzene rings is 1. The van der Waals surface area contributed by atoms with E-state index in [4.69, 9.17) is 14.2 Å². The molecule has 4 nitrogen and oxygen atoms in total. The summed E-state index contributed by atoms with van der Waals surface area (Å²) in [4.78, 5) is 0. The number of thioether (sulfide) groups is 1. The molecule has 1 N–H and O–H groups in total. The van der Waals surface area contributed by atoms with Crippen molar-refractivity contribution in [2.75, 3.05) is 45.5 Å². The lowest BCUT2D eigenvalue weighted by Crippen LogP contribution is -2.19. The van der Waals surface area contributed by atoms with Gasteiger partial charge in [-0.3, -0.25) is 0 Å². The molecule has 0 bridgehead atoms. The highest BCUT2D eigenvalue weighted by atomic mass is 32.2. The van der Waals surface area contributed by atoms with E-state index in [1.165, 1.54) is 0 Å². The zero-order valence-corrected chi connectivity index (χ0v) is 13.4. The third-order valence-electron chi connectivity index (χ3n) is 2.76. The molecule has 0 aliphatic heterocycles. The molecule has 0 heterocycles. The molecule has 0 saturated heterocycles. The number of nitrogens with one attached hydrogen (secondary N) is 1. The fourth-order valence-electron chi connectivity index (χ4n) is 1.71. The van der Waals surface area contributed by atoms with Crippen LogP contribution in [-0.4, -0.2) is 45.5 Å². The lowest BCUT2D eigenvalue weighted by Gasteiger charge is -2.13. The quantitative estimate of drug-likeness (QED) is 0.636. The molecule has 0 spiro atoms. The van der Waals surface area contributed by atoms with Crippen LogP contribution in [0.15, 0.2) is 18.2 Å². The summed E-state index contributed by atoms with van der Waals surface area (Å²) < 4.78 is 16.1. The molecule has 1 aromatic rings. The molecule has 20 heavy (non-hydrogen) atoms. The van der Waals surface area contributed by atoms with Gasteiger partial charge in [-0.15, -0.1) is 0 Å². The Hall–Kier alpha value is -0.910. The average molecular weight is 299 g/mol. The van der Waals surface area contributed by atoms with Crippen LogP contribution in [-0.2, 0) is 11.3 Å². The Balaban J connectivity index is 2.56. The molecule has 0 fully saturated rings. The van der Waals surface area contributed by atoms with Crippen LogP contribution in [0.5, 0.6) is 11.5 Å². The molecule has 0 aromatic heterocycles. The number of rotatable bonds is 11. The van der Waals surface area contributed by atoms with E-state index in [1.54, 1.807) is 14.2 Å². The van der Waals surface area contributed by atoms with Gasteiger partial charge < -0.3 is 19.5 Å². The molecule has 5 heteroatoms. The minimum atomic E-state index is 0.702. The van der Waals surface area contributed by atoms with Crippen molar-refractivity contribution in [3.63, 3.8) is 0 Å². The highest BCUT2D eigenvalue weighted by Gasteiger charge is 2.06. The molecule has 114 valence electrons. The standard InChI is InChI=1S/C15H25NO3S/c1-4-20-10-9-19-15-6-5-14(18-3)11-13(15)12-16-7-8-17-2/h5-6,11,16H,4,7-10,12H2,1-3H3. The maximum Gasteiger partial charge on any atom is 0.124 e. The summed E-state index contributed by atoms with van der Waals surface area (Å²) in [6.45, 7) is 5.15. The van der Waals surface area contributed by atoms with Gasteiger partial charge >= 0.3 is 0 Å². The van der Waals surface area contributed by atoms with Crippen molar-refractivity contribution in [3.8, 4) is 11.5 Å². The first-order valence-corrected chi connectivity index (χ1v) is 8.04. The van der Waals surface area contributed by atoms with Gasteiger partial charge in [-0.25, -0.2) is 0 Å². The largest absolute Gasteiger partial charge is 0.497 e. The highest BCUT2D eigenvalue weighted by molar-refractivity contribution is 7.99. The number of ether oxygens (including phenoxy) is 3. The van der Waals surface area contributed by atoms with Crippen LogP contribution in [0, 0.1) is 0 Å². The summed E-state index contributed by atoms with van der Waals surface area (Å²) >= 11 is 1.88. The van der Waals surface area contributed by atoms with Crippen LogP contribution in [0.4, 0.5) is 0 Å². The van der Waals surface area contributed by atoms with Gasteiger partial charge in [0.25, 0.3) is 0 Å². The molecule has 0 radical (unpaired) electrons. The fraction of sp³-hybridized carbons (Fsp3) is 0.600. The Morgan fingerprint density at radius 1 is 1.20 bits per heavy atom. The second-order valence-corrected chi connectivity index (χ2v) is 5.58. The van der Waals surface area contributed by atoms with E-state index in [1.807, 2.05) is 30.0 Å². The molecule has 0 atom stereocenters. The maximum absolute atomic E-state index is 5.85. The molecule has 0 unspecified atom stereocenters. The molecular formula is C15H25NO3S. The third kappa shape index (κ3) is 6.50. The van der Waals surface area contributed by atoms with Crippen molar-refractivity contribution in [2.24, 2.45) is 0 Å². The Morgan fingerprint density at radius 3 is 2.75 bits per heavy atom. The van der Waals surface area contributed by atoms with Crippen LogP contribution in [0.3, 0.4) is 0 Å². The van der Waals surface area contributed by atoms with Crippen LogP contribution < -0.4 is 14.8 Å². The van der Waals surface area contributed by atoms with Gasteiger partial charge in [-0.05, 0) is 24.0 Å². The summed E-state index contributed by atoms with van der Waals surface area (Å²) in [6.07, 6.45) is 0. The Labute approximate surface area is 126 Å². The number of hydrogen-bond donors (Lipinski definition) is 1. The maximum atomic E-state index is 5.85. The van der Waals surface area contributed by atoms with Crippen molar-refractivity contribution in [3.05, 3.63) is 23.8 Å². The third-order valence-corrected chi connectivity index (χ3v) is 3.62. The Kier molecular flexibility index (Phi) is 9.28. The summed E-state index contributed by atoms with van der Waals surface area (Å²) in [6, 6.07) is 5.92. The predicted molar refractivity (Wildman–Crippen MR) is 85.1 cm³/mol. The number of methoxy groups -OCH3 is 2. The molecular weight excluding hydrogens is 274 g/mol. The number of hydrogen-bond acceptors (Lipinski definition) is 5. The van der Waals surface area contributed by atoms with Crippen molar-refractivity contribution in [2.45, 2.75) is 13.5 Å². The normalized spacial score (nSPS) is 10.6. The summed E-state index contributed by atoms with van der Waals surface area (Å²) in [5.41, 5.74) is 1.11. The van der Waals surface area contributed by atoms with E-state index in [-0.39, 0.29) is 0 Å². The summed E-state index contributed by atoms with van der Waals surface area (Å²) in [7, 11) is 3.38. The first-order valence-electron chi connectivity index (χ1n) is 6.89. The van der Waals surface area contributed by atoms with Gasteiger partial charge in [0, 0.05) is 31.5 Å². The van der Waals surface area contributed by atoms with Crippen LogP contribution >= 0.6 is 11.8 Å². The van der Waals surface area contributed by atoms with Gasteiger partial charge in [-0.1, -0.05) is 6.92 Å². The fourth-order valence-corrected chi connectivity index (χ4v) is 2.20. The van der Waals surface area contributed by atoms with Gasteiger partial charge in [-0.2, -0.15) is 11.8 Å². The van der Waals surface area contributed by atoms with Gasteiger partial charge in [0.1, 0.15) is 11.5 Å². The zero-order chi connectivity index (χ0) is 14.6. The molecule has 1 aromatic carbocycles. The lowest BCUT2D eigenvalue weighted by atomic mass is 10.2. The van der Waals surface area contributed by atoms with Crippen LogP contribution in [0.25, 0.3) is 0 Å². The summed E-state index contributed by atoms with van der Waals surface area (Å²) in [5.74, 6) is 3.91. The van der Waals surface area contributed by atoms with Crippen molar-refractivity contribution >= 4 is 11.8 Å². The molecule has 0 saturated carbocycles. The van der Waals surface area contributed by atoms with E-state index >= 15 is 0 Å². The molecule has 0 aliphatic carbocycles. The van der Waals surface area contributed by atoms with E-state index in [0.717, 1.165) is 48.3 Å². The average Bonchev–Trinajstić information content (AvgIpc) is 2.49. The van der Waals surface area contributed by atoms with E-state index in [0.29, 0.717) is 6.61 Å².